The summed E-state index contributed by atoms with van der Waals surface area (Å²) in [6.07, 6.45) is 0.0806. The molecule has 0 fully saturated rings. The quantitative estimate of drug-likeness (QED) is 0.879. The van der Waals surface area contributed by atoms with Crippen molar-refractivity contribution < 1.29 is 14.3 Å². The fourth-order valence-electron chi connectivity index (χ4n) is 2.24. The topological polar surface area (TPSA) is 58.4 Å². The first-order valence-electron chi connectivity index (χ1n) is 6.57. The maximum absolute atomic E-state index is 13.7. The van der Waals surface area contributed by atoms with Crippen LogP contribution in [-0.2, 0) is 17.9 Å². The first-order valence-corrected chi connectivity index (χ1v) is 6.57. The molecule has 0 unspecified atom stereocenters. The maximum atomic E-state index is 13.7. The Morgan fingerprint density at radius 3 is 2.90 bits per heavy atom. The van der Waals surface area contributed by atoms with E-state index in [1.165, 1.54) is 6.07 Å². The van der Waals surface area contributed by atoms with Gasteiger partial charge in [0.15, 0.2) is 5.82 Å². The summed E-state index contributed by atoms with van der Waals surface area (Å²) in [5, 5.41) is 8.68. The van der Waals surface area contributed by atoms with Crippen molar-refractivity contribution >= 4 is 17.0 Å². The molecular weight excluding hydrogens is 261 g/mol. The number of rotatable bonds is 6. The molecule has 6 heteroatoms. The number of halogens is 1. The molecule has 1 aromatic carbocycles. The minimum absolute atomic E-state index is 0.0806. The van der Waals surface area contributed by atoms with Gasteiger partial charge >= 0.3 is 5.97 Å². The summed E-state index contributed by atoms with van der Waals surface area (Å²) in [5.74, 6) is -0.406. The molecule has 5 nitrogen and oxygen atoms in total. The van der Waals surface area contributed by atoms with Crippen molar-refractivity contribution in [2.75, 3.05) is 13.6 Å². The smallest absolute Gasteiger partial charge is 0.304 e. The van der Waals surface area contributed by atoms with Gasteiger partial charge in [-0.2, -0.15) is 0 Å². The van der Waals surface area contributed by atoms with Crippen molar-refractivity contribution in [1.82, 2.24) is 14.5 Å². The second-order valence-corrected chi connectivity index (χ2v) is 4.76. The van der Waals surface area contributed by atoms with Crippen LogP contribution < -0.4 is 0 Å². The third-order valence-corrected chi connectivity index (χ3v) is 3.24. The number of fused-ring (bicyclic) bond motifs is 1. The Hall–Kier alpha value is -1.95. The van der Waals surface area contributed by atoms with E-state index in [9.17, 15) is 9.18 Å². The monoisotopic (exact) mass is 279 g/mol. The second-order valence-electron chi connectivity index (χ2n) is 4.76. The number of imidazole rings is 1. The molecule has 0 bridgehead atoms. The average Bonchev–Trinajstić information content (AvgIpc) is 2.75. The van der Waals surface area contributed by atoms with Crippen LogP contribution in [0.2, 0.25) is 0 Å². The number of para-hydroxylation sites is 1. The summed E-state index contributed by atoms with van der Waals surface area (Å²) in [6.45, 7) is 3.61. The maximum Gasteiger partial charge on any atom is 0.304 e. The molecule has 0 amide bonds. The molecule has 2 rings (SSSR count). The number of carboxylic acids is 1. The van der Waals surface area contributed by atoms with E-state index < -0.39 is 5.97 Å². The lowest BCUT2D eigenvalue weighted by Crippen LogP contribution is -2.23. The van der Waals surface area contributed by atoms with Crippen molar-refractivity contribution in [2.24, 2.45) is 0 Å². The van der Waals surface area contributed by atoms with E-state index in [1.807, 2.05) is 29.5 Å². The largest absolute Gasteiger partial charge is 0.481 e. The Morgan fingerprint density at radius 2 is 2.25 bits per heavy atom. The molecule has 108 valence electrons. The molecule has 0 saturated carbocycles. The number of aliphatic carboxylic acids is 1. The Balaban J connectivity index is 2.25. The third-order valence-electron chi connectivity index (χ3n) is 3.24. The predicted octanol–water partition coefficient (Wildman–Crippen LogP) is 2.10. The van der Waals surface area contributed by atoms with Crippen LogP contribution in [0, 0.1) is 5.82 Å². The second kappa shape index (κ2) is 6.00. The molecule has 20 heavy (non-hydrogen) atoms. The summed E-state index contributed by atoms with van der Waals surface area (Å²) in [7, 11) is 1.83. The lowest BCUT2D eigenvalue weighted by atomic mass is 10.3. The molecule has 0 aliphatic rings. The number of aryl methyl sites for hydroxylation is 1. The number of benzene rings is 1. The zero-order chi connectivity index (χ0) is 14.7. The van der Waals surface area contributed by atoms with E-state index in [4.69, 9.17) is 5.11 Å². The summed E-state index contributed by atoms with van der Waals surface area (Å²) in [6, 6.07) is 4.91. The van der Waals surface area contributed by atoms with E-state index >= 15 is 0 Å². The molecule has 0 saturated heterocycles. The highest BCUT2D eigenvalue weighted by atomic mass is 19.1. The number of carboxylic acid groups (broad SMARTS) is 1. The first kappa shape index (κ1) is 14.5. The molecule has 0 aliphatic heterocycles. The number of hydrogen-bond acceptors (Lipinski definition) is 3. The normalized spacial score (nSPS) is 11.4. The molecule has 0 aliphatic carbocycles. The number of nitrogens with zero attached hydrogens (tertiary/aromatic N) is 3. The van der Waals surface area contributed by atoms with Crippen molar-refractivity contribution in [3.63, 3.8) is 0 Å². The van der Waals surface area contributed by atoms with Gasteiger partial charge in [0.2, 0.25) is 0 Å². The molecule has 0 radical (unpaired) electrons. The minimum atomic E-state index is -0.827. The van der Waals surface area contributed by atoms with Crippen LogP contribution in [0.5, 0.6) is 0 Å². The van der Waals surface area contributed by atoms with Crippen LogP contribution in [0.15, 0.2) is 18.2 Å². The van der Waals surface area contributed by atoms with Gasteiger partial charge < -0.3 is 9.67 Å². The molecule has 0 spiro atoms. The zero-order valence-corrected chi connectivity index (χ0v) is 11.6. The van der Waals surface area contributed by atoms with E-state index in [0.29, 0.717) is 25.2 Å². The molecule has 0 atom stereocenters. The summed E-state index contributed by atoms with van der Waals surface area (Å²) in [5.41, 5.74) is 1.14. The van der Waals surface area contributed by atoms with Crippen LogP contribution in [0.4, 0.5) is 4.39 Å². The number of hydrogen-bond donors (Lipinski definition) is 1. The van der Waals surface area contributed by atoms with Crippen LogP contribution in [0.1, 0.15) is 19.2 Å². The molecule has 1 heterocycles. The SMILES string of the molecule is CCn1c(CN(C)CCC(=O)O)nc2c(F)cccc21. The van der Waals surface area contributed by atoms with Gasteiger partial charge in [-0.05, 0) is 26.1 Å². The fraction of sp³-hybridized carbons (Fsp3) is 0.429. The van der Waals surface area contributed by atoms with Gasteiger partial charge in [-0.15, -0.1) is 0 Å². The van der Waals surface area contributed by atoms with Gasteiger partial charge in [0, 0.05) is 13.1 Å². The van der Waals surface area contributed by atoms with Gasteiger partial charge in [0.05, 0.1) is 18.5 Å². The Labute approximate surface area is 116 Å². The van der Waals surface area contributed by atoms with Crippen molar-refractivity contribution in [3.8, 4) is 0 Å². The predicted molar refractivity (Wildman–Crippen MR) is 74.0 cm³/mol. The molecule has 2 aromatic rings. The van der Waals surface area contributed by atoms with Gasteiger partial charge in [0.1, 0.15) is 11.3 Å². The lowest BCUT2D eigenvalue weighted by molar-refractivity contribution is -0.137. The third kappa shape index (κ3) is 2.96. The van der Waals surface area contributed by atoms with Crippen molar-refractivity contribution in [1.29, 1.82) is 0 Å². The van der Waals surface area contributed by atoms with E-state index in [-0.39, 0.29) is 12.2 Å². The van der Waals surface area contributed by atoms with E-state index in [2.05, 4.69) is 4.98 Å². The zero-order valence-electron chi connectivity index (χ0n) is 11.6. The first-order chi connectivity index (χ1) is 9.52. The summed E-state index contributed by atoms with van der Waals surface area (Å²) < 4.78 is 15.7. The summed E-state index contributed by atoms with van der Waals surface area (Å²) >= 11 is 0. The van der Waals surface area contributed by atoms with Crippen LogP contribution in [-0.4, -0.2) is 39.1 Å². The van der Waals surface area contributed by atoms with Gasteiger partial charge in [-0.1, -0.05) is 6.07 Å². The number of aromatic nitrogens is 2. The minimum Gasteiger partial charge on any atom is -0.481 e. The molecule has 1 N–H and O–H groups in total. The Morgan fingerprint density at radius 1 is 1.50 bits per heavy atom. The summed E-state index contributed by atoms with van der Waals surface area (Å²) in [4.78, 5) is 16.8. The highest BCUT2D eigenvalue weighted by Crippen LogP contribution is 2.19. The fourth-order valence-corrected chi connectivity index (χ4v) is 2.24. The highest BCUT2D eigenvalue weighted by Gasteiger charge is 2.14. The van der Waals surface area contributed by atoms with Crippen molar-refractivity contribution in [2.45, 2.75) is 26.4 Å². The van der Waals surface area contributed by atoms with Crippen LogP contribution in [0.25, 0.3) is 11.0 Å². The lowest BCUT2D eigenvalue weighted by Gasteiger charge is -2.15. The van der Waals surface area contributed by atoms with E-state index in [1.54, 1.807) is 6.07 Å². The van der Waals surface area contributed by atoms with E-state index in [0.717, 1.165) is 11.3 Å². The van der Waals surface area contributed by atoms with Crippen LogP contribution >= 0.6 is 0 Å². The average molecular weight is 279 g/mol. The van der Waals surface area contributed by atoms with Gasteiger partial charge in [-0.3, -0.25) is 9.69 Å². The van der Waals surface area contributed by atoms with Gasteiger partial charge in [-0.25, -0.2) is 9.37 Å². The Bertz CT molecular complexity index is 624. The van der Waals surface area contributed by atoms with Gasteiger partial charge in [0.25, 0.3) is 0 Å². The highest BCUT2D eigenvalue weighted by molar-refractivity contribution is 5.76. The Kier molecular flexibility index (Phi) is 4.34. The molecule has 1 aromatic heterocycles. The number of carbonyl (C=O) groups is 1. The molecular formula is C14H18FN3O2. The standard InChI is InChI=1S/C14H18FN3O2/c1-3-18-11-6-4-5-10(15)14(11)16-12(18)9-17(2)8-7-13(19)20/h4-6H,3,7-9H2,1-2H3,(H,19,20). The van der Waals surface area contributed by atoms with Crippen LogP contribution in [0.3, 0.4) is 0 Å². The van der Waals surface area contributed by atoms with Crippen molar-refractivity contribution in [3.05, 3.63) is 29.8 Å².